The van der Waals surface area contributed by atoms with Crippen molar-refractivity contribution in [2.75, 3.05) is 13.1 Å². The molecular weight excluding hydrogens is 252 g/mol. The summed E-state index contributed by atoms with van der Waals surface area (Å²) in [5, 5.41) is 18.5. The standard InChI is InChI=1S/C15H26N4O/c1-11(2)18-8-5-12(6-9-18)10-14-16-17-15-13(20)4-3-7-19(14)15/h11-13,20H,3-10H2,1-2H3. The van der Waals surface area contributed by atoms with Gasteiger partial charge in [-0.25, -0.2) is 0 Å². The van der Waals surface area contributed by atoms with Crippen LogP contribution in [0.1, 0.15) is 57.3 Å². The van der Waals surface area contributed by atoms with Gasteiger partial charge in [-0.1, -0.05) is 0 Å². The molecule has 1 N–H and O–H groups in total. The highest BCUT2D eigenvalue weighted by atomic mass is 16.3. The van der Waals surface area contributed by atoms with Gasteiger partial charge in [-0.2, -0.15) is 0 Å². The maximum absolute atomic E-state index is 9.95. The van der Waals surface area contributed by atoms with E-state index in [1.54, 1.807) is 0 Å². The van der Waals surface area contributed by atoms with Gasteiger partial charge in [-0.3, -0.25) is 0 Å². The predicted octanol–water partition coefficient (Wildman–Crippen LogP) is 1.77. The van der Waals surface area contributed by atoms with E-state index < -0.39 is 6.10 Å². The maximum atomic E-state index is 9.95. The molecule has 0 bridgehead atoms. The number of rotatable bonds is 3. The topological polar surface area (TPSA) is 54.2 Å². The average molecular weight is 278 g/mol. The van der Waals surface area contributed by atoms with Gasteiger partial charge < -0.3 is 14.6 Å². The van der Waals surface area contributed by atoms with Crippen LogP contribution >= 0.6 is 0 Å². The second-order valence-electron chi connectivity index (χ2n) is 6.56. The van der Waals surface area contributed by atoms with E-state index in [1.165, 1.54) is 25.9 Å². The number of aromatic nitrogens is 3. The highest BCUT2D eigenvalue weighted by Gasteiger charge is 2.26. The van der Waals surface area contributed by atoms with E-state index >= 15 is 0 Å². The zero-order valence-electron chi connectivity index (χ0n) is 12.6. The molecule has 1 aromatic heterocycles. The first-order chi connectivity index (χ1) is 9.65. The molecule has 5 heteroatoms. The number of aliphatic hydroxyl groups is 1. The van der Waals surface area contributed by atoms with Gasteiger partial charge >= 0.3 is 0 Å². The van der Waals surface area contributed by atoms with Gasteiger partial charge in [0.1, 0.15) is 11.9 Å². The highest BCUT2D eigenvalue weighted by Crippen LogP contribution is 2.27. The molecule has 20 heavy (non-hydrogen) atoms. The van der Waals surface area contributed by atoms with Crippen molar-refractivity contribution in [3.63, 3.8) is 0 Å². The van der Waals surface area contributed by atoms with Gasteiger partial charge in [0.2, 0.25) is 0 Å². The third kappa shape index (κ3) is 2.74. The van der Waals surface area contributed by atoms with E-state index in [2.05, 4.69) is 33.5 Å². The molecular formula is C15H26N4O. The largest absolute Gasteiger partial charge is 0.385 e. The first-order valence-corrected chi connectivity index (χ1v) is 7.99. The zero-order valence-corrected chi connectivity index (χ0v) is 12.6. The lowest BCUT2D eigenvalue weighted by molar-refractivity contribution is 0.131. The van der Waals surface area contributed by atoms with E-state index in [9.17, 15) is 5.11 Å². The Labute approximate surface area is 121 Å². The number of piperidine rings is 1. The molecule has 112 valence electrons. The molecule has 1 atom stereocenters. The third-order valence-corrected chi connectivity index (χ3v) is 4.86. The van der Waals surface area contributed by atoms with Gasteiger partial charge in [-0.05, 0) is 58.5 Å². The number of fused-ring (bicyclic) bond motifs is 1. The van der Waals surface area contributed by atoms with Crippen LogP contribution in [0.3, 0.4) is 0 Å². The molecule has 5 nitrogen and oxygen atoms in total. The Hall–Kier alpha value is -0.940. The predicted molar refractivity (Wildman–Crippen MR) is 77.4 cm³/mol. The molecule has 3 rings (SSSR count). The molecule has 1 fully saturated rings. The van der Waals surface area contributed by atoms with Crippen LogP contribution in [0.25, 0.3) is 0 Å². The minimum Gasteiger partial charge on any atom is -0.385 e. The van der Waals surface area contributed by atoms with Crippen LogP contribution < -0.4 is 0 Å². The zero-order chi connectivity index (χ0) is 14.1. The summed E-state index contributed by atoms with van der Waals surface area (Å²) in [5.41, 5.74) is 0. The van der Waals surface area contributed by atoms with Crippen LogP contribution in [-0.2, 0) is 13.0 Å². The quantitative estimate of drug-likeness (QED) is 0.915. The molecule has 0 aromatic carbocycles. The van der Waals surface area contributed by atoms with Crippen LogP contribution in [0.15, 0.2) is 0 Å². The Morgan fingerprint density at radius 3 is 2.60 bits per heavy atom. The van der Waals surface area contributed by atoms with E-state index in [4.69, 9.17) is 0 Å². The molecule has 0 amide bonds. The second-order valence-corrected chi connectivity index (χ2v) is 6.56. The van der Waals surface area contributed by atoms with Gasteiger partial charge in [-0.15, -0.1) is 10.2 Å². The third-order valence-electron chi connectivity index (χ3n) is 4.86. The summed E-state index contributed by atoms with van der Waals surface area (Å²) >= 11 is 0. The lowest BCUT2D eigenvalue weighted by atomic mass is 9.92. The maximum Gasteiger partial charge on any atom is 0.161 e. The minimum absolute atomic E-state index is 0.409. The SMILES string of the molecule is CC(C)N1CCC(Cc2nnc3n2CCCC3O)CC1. The van der Waals surface area contributed by atoms with Crippen molar-refractivity contribution in [1.29, 1.82) is 0 Å². The monoisotopic (exact) mass is 278 g/mol. The van der Waals surface area contributed by atoms with Crippen LogP contribution in [0.4, 0.5) is 0 Å². The van der Waals surface area contributed by atoms with Crippen molar-refractivity contribution in [1.82, 2.24) is 19.7 Å². The van der Waals surface area contributed by atoms with Crippen LogP contribution in [-0.4, -0.2) is 43.9 Å². The summed E-state index contributed by atoms with van der Waals surface area (Å²) in [6.45, 7) is 7.92. The molecule has 0 spiro atoms. The fourth-order valence-corrected chi connectivity index (χ4v) is 3.49. The minimum atomic E-state index is -0.409. The van der Waals surface area contributed by atoms with E-state index in [0.29, 0.717) is 6.04 Å². The fraction of sp³-hybridized carbons (Fsp3) is 0.867. The van der Waals surface area contributed by atoms with Crippen LogP contribution in [0, 0.1) is 5.92 Å². The number of hydrogen-bond acceptors (Lipinski definition) is 4. The summed E-state index contributed by atoms with van der Waals surface area (Å²) < 4.78 is 2.16. The normalized spacial score (nSPS) is 25.1. The molecule has 1 unspecified atom stereocenters. The van der Waals surface area contributed by atoms with Crippen molar-refractivity contribution < 1.29 is 5.11 Å². The molecule has 1 aromatic rings. The number of aliphatic hydroxyl groups excluding tert-OH is 1. The van der Waals surface area contributed by atoms with E-state index in [-0.39, 0.29) is 0 Å². The lowest BCUT2D eigenvalue weighted by Gasteiger charge is -2.34. The molecule has 0 radical (unpaired) electrons. The summed E-state index contributed by atoms with van der Waals surface area (Å²) in [6.07, 6.45) is 4.97. The van der Waals surface area contributed by atoms with Crippen LogP contribution in [0.5, 0.6) is 0 Å². The fourth-order valence-electron chi connectivity index (χ4n) is 3.49. The number of likely N-dealkylation sites (tertiary alicyclic amines) is 1. The van der Waals surface area contributed by atoms with Gasteiger partial charge in [0.05, 0.1) is 0 Å². The Kier molecular flexibility index (Phi) is 4.08. The molecule has 0 aliphatic carbocycles. The number of nitrogens with zero attached hydrogens (tertiary/aromatic N) is 4. The lowest BCUT2D eigenvalue weighted by Crippen LogP contribution is -2.39. The molecule has 0 saturated carbocycles. The summed E-state index contributed by atoms with van der Waals surface area (Å²) in [6, 6.07) is 0.659. The molecule has 3 heterocycles. The summed E-state index contributed by atoms with van der Waals surface area (Å²) in [5.74, 6) is 2.59. The number of hydrogen-bond donors (Lipinski definition) is 1. The van der Waals surface area contributed by atoms with Crippen molar-refractivity contribution in [2.24, 2.45) is 5.92 Å². The summed E-state index contributed by atoms with van der Waals surface area (Å²) in [4.78, 5) is 2.56. The van der Waals surface area contributed by atoms with Crippen LogP contribution in [0.2, 0.25) is 0 Å². The molecule has 2 aliphatic rings. The first kappa shape index (κ1) is 14.0. The van der Waals surface area contributed by atoms with E-state index in [1.807, 2.05) is 0 Å². The highest BCUT2D eigenvalue weighted by molar-refractivity contribution is 5.03. The Balaban J connectivity index is 1.62. The smallest absolute Gasteiger partial charge is 0.161 e. The van der Waals surface area contributed by atoms with Crippen molar-refractivity contribution >= 4 is 0 Å². The Morgan fingerprint density at radius 1 is 1.15 bits per heavy atom. The molecule has 1 saturated heterocycles. The average Bonchev–Trinajstić information content (AvgIpc) is 2.84. The Bertz CT molecular complexity index is 449. The van der Waals surface area contributed by atoms with Crippen molar-refractivity contribution in [2.45, 2.75) is 64.6 Å². The first-order valence-electron chi connectivity index (χ1n) is 7.99. The summed E-state index contributed by atoms with van der Waals surface area (Å²) in [7, 11) is 0. The van der Waals surface area contributed by atoms with E-state index in [0.717, 1.165) is 43.4 Å². The molecule has 2 aliphatic heterocycles. The van der Waals surface area contributed by atoms with Gasteiger partial charge in [0, 0.05) is 19.0 Å². The second kappa shape index (κ2) is 5.82. The van der Waals surface area contributed by atoms with Gasteiger partial charge in [0.15, 0.2) is 5.82 Å². The van der Waals surface area contributed by atoms with Crippen molar-refractivity contribution in [3.8, 4) is 0 Å². The van der Waals surface area contributed by atoms with Gasteiger partial charge in [0.25, 0.3) is 0 Å². The Morgan fingerprint density at radius 2 is 1.90 bits per heavy atom. The van der Waals surface area contributed by atoms with Crippen molar-refractivity contribution in [3.05, 3.63) is 11.6 Å².